The molecule has 98 valence electrons. The number of hydrogen-bond acceptors (Lipinski definition) is 3. The van der Waals surface area contributed by atoms with Crippen LogP contribution >= 0.6 is 0 Å². The van der Waals surface area contributed by atoms with Crippen LogP contribution in [-0.2, 0) is 11.2 Å². The lowest BCUT2D eigenvalue weighted by atomic mass is 10.1. The van der Waals surface area contributed by atoms with Gasteiger partial charge in [0, 0.05) is 13.6 Å². The number of ether oxygens (including phenoxy) is 1. The van der Waals surface area contributed by atoms with E-state index in [1.165, 1.54) is 5.56 Å². The van der Waals surface area contributed by atoms with Gasteiger partial charge in [-0.3, -0.25) is 4.79 Å². The molecule has 1 aliphatic heterocycles. The predicted molar refractivity (Wildman–Crippen MR) is 70.7 cm³/mol. The molecule has 1 fully saturated rings. The van der Waals surface area contributed by atoms with E-state index in [1.807, 2.05) is 19.2 Å². The van der Waals surface area contributed by atoms with E-state index in [1.54, 1.807) is 12.0 Å². The van der Waals surface area contributed by atoms with E-state index in [0.717, 1.165) is 31.7 Å². The van der Waals surface area contributed by atoms with E-state index in [9.17, 15) is 4.79 Å². The van der Waals surface area contributed by atoms with Gasteiger partial charge in [0.05, 0.1) is 13.2 Å². The molecule has 1 saturated heterocycles. The molecule has 1 heterocycles. The summed E-state index contributed by atoms with van der Waals surface area (Å²) in [7, 11) is 3.52. The smallest absolute Gasteiger partial charge is 0.239 e. The highest BCUT2D eigenvalue weighted by Gasteiger charge is 2.27. The largest absolute Gasteiger partial charge is 0.497 e. The van der Waals surface area contributed by atoms with E-state index in [-0.39, 0.29) is 11.9 Å². The standard InChI is InChI=1S/C14H20N2O2/c1-16-10-8-13(14(16)17)15-9-7-11-3-5-12(18-2)6-4-11/h3-6,13,15H,7-10H2,1-2H3. The quantitative estimate of drug-likeness (QED) is 0.847. The van der Waals surface area contributed by atoms with E-state index in [2.05, 4.69) is 17.4 Å². The first kappa shape index (κ1) is 12.9. The van der Waals surface area contributed by atoms with Gasteiger partial charge in [-0.2, -0.15) is 0 Å². The highest BCUT2D eigenvalue weighted by molar-refractivity contribution is 5.83. The van der Waals surface area contributed by atoms with Gasteiger partial charge in [-0.05, 0) is 37.1 Å². The molecular weight excluding hydrogens is 228 g/mol. The van der Waals surface area contributed by atoms with Gasteiger partial charge in [0.15, 0.2) is 0 Å². The van der Waals surface area contributed by atoms with Crippen molar-refractivity contribution in [1.82, 2.24) is 10.2 Å². The minimum absolute atomic E-state index is 0.00764. The second kappa shape index (κ2) is 5.87. The van der Waals surface area contributed by atoms with Gasteiger partial charge in [0.2, 0.25) is 5.91 Å². The van der Waals surface area contributed by atoms with E-state index in [0.29, 0.717) is 0 Å². The Morgan fingerprint density at radius 3 is 2.67 bits per heavy atom. The molecule has 0 spiro atoms. The van der Waals surface area contributed by atoms with Crippen LogP contribution in [0, 0.1) is 0 Å². The molecule has 1 aliphatic rings. The number of likely N-dealkylation sites (N-methyl/N-ethyl adjacent to an activating group) is 1. The fourth-order valence-electron chi connectivity index (χ4n) is 2.19. The average Bonchev–Trinajstić information content (AvgIpc) is 2.71. The van der Waals surface area contributed by atoms with Crippen molar-refractivity contribution in [3.05, 3.63) is 29.8 Å². The van der Waals surface area contributed by atoms with Crippen molar-refractivity contribution in [2.45, 2.75) is 18.9 Å². The normalized spacial score (nSPS) is 19.3. The number of nitrogens with one attached hydrogen (secondary N) is 1. The van der Waals surface area contributed by atoms with Crippen molar-refractivity contribution >= 4 is 5.91 Å². The maximum Gasteiger partial charge on any atom is 0.239 e. The van der Waals surface area contributed by atoms with Crippen LogP contribution in [0.25, 0.3) is 0 Å². The summed E-state index contributed by atoms with van der Waals surface area (Å²) >= 11 is 0. The number of hydrogen-bond donors (Lipinski definition) is 1. The van der Waals surface area contributed by atoms with Gasteiger partial charge in [-0.15, -0.1) is 0 Å². The van der Waals surface area contributed by atoms with Crippen molar-refractivity contribution < 1.29 is 9.53 Å². The Morgan fingerprint density at radius 2 is 2.11 bits per heavy atom. The zero-order valence-corrected chi connectivity index (χ0v) is 11.0. The Labute approximate surface area is 108 Å². The summed E-state index contributed by atoms with van der Waals surface area (Å²) in [5, 5.41) is 3.32. The van der Waals surface area contributed by atoms with Crippen LogP contribution in [0.3, 0.4) is 0 Å². The third kappa shape index (κ3) is 3.01. The zero-order valence-electron chi connectivity index (χ0n) is 11.0. The fourth-order valence-corrected chi connectivity index (χ4v) is 2.19. The summed E-state index contributed by atoms with van der Waals surface area (Å²) < 4.78 is 5.11. The topological polar surface area (TPSA) is 41.6 Å². The first-order valence-corrected chi connectivity index (χ1v) is 6.32. The maximum atomic E-state index is 11.7. The van der Waals surface area contributed by atoms with E-state index in [4.69, 9.17) is 4.74 Å². The molecule has 4 heteroatoms. The number of amides is 1. The van der Waals surface area contributed by atoms with E-state index >= 15 is 0 Å². The highest BCUT2D eigenvalue weighted by atomic mass is 16.5. The van der Waals surface area contributed by atoms with Crippen LogP contribution in [0.4, 0.5) is 0 Å². The molecular formula is C14H20N2O2. The molecule has 0 aliphatic carbocycles. The zero-order chi connectivity index (χ0) is 13.0. The predicted octanol–water partition coefficient (Wildman–Crippen LogP) is 1.06. The molecule has 0 radical (unpaired) electrons. The molecule has 18 heavy (non-hydrogen) atoms. The number of nitrogens with zero attached hydrogens (tertiary/aromatic N) is 1. The fraction of sp³-hybridized carbons (Fsp3) is 0.500. The van der Waals surface area contributed by atoms with Gasteiger partial charge in [0.25, 0.3) is 0 Å². The average molecular weight is 248 g/mol. The summed E-state index contributed by atoms with van der Waals surface area (Å²) in [4.78, 5) is 13.5. The molecule has 1 atom stereocenters. The Bertz CT molecular complexity index is 403. The lowest BCUT2D eigenvalue weighted by Gasteiger charge is -2.12. The van der Waals surface area contributed by atoms with Crippen LogP contribution < -0.4 is 10.1 Å². The second-order valence-corrected chi connectivity index (χ2v) is 4.65. The van der Waals surface area contributed by atoms with Crippen molar-refractivity contribution in [2.24, 2.45) is 0 Å². The molecule has 1 unspecified atom stereocenters. The molecule has 1 aromatic carbocycles. The monoisotopic (exact) mass is 248 g/mol. The number of carbonyl (C=O) groups is 1. The molecule has 0 aromatic heterocycles. The van der Waals surface area contributed by atoms with Crippen LogP contribution in [0.1, 0.15) is 12.0 Å². The van der Waals surface area contributed by atoms with E-state index < -0.39 is 0 Å². The number of benzene rings is 1. The third-order valence-corrected chi connectivity index (χ3v) is 3.39. The number of carbonyl (C=O) groups excluding carboxylic acids is 1. The van der Waals surface area contributed by atoms with Gasteiger partial charge >= 0.3 is 0 Å². The summed E-state index contributed by atoms with van der Waals surface area (Å²) in [5.74, 6) is 1.09. The summed E-state index contributed by atoms with van der Waals surface area (Å²) in [6, 6.07) is 8.05. The Hall–Kier alpha value is -1.55. The number of likely N-dealkylation sites (tertiary alicyclic amines) is 1. The van der Waals surface area contributed by atoms with Crippen molar-refractivity contribution in [2.75, 3.05) is 27.2 Å². The van der Waals surface area contributed by atoms with Gasteiger partial charge in [-0.1, -0.05) is 12.1 Å². The summed E-state index contributed by atoms with van der Waals surface area (Å²) in [6.45, 7) is 1.69. The Morgan fingerprint density at radius 1 is 1.39 bits per heavy atom. The first-order chi connectivity index (χ1) is 8.70. The minimum atomic E-state index is 0.00764. The van der Waals surface area contributed by atoms with Crippen LogP contribution in [0.2, 0.25) is 0 Å². The van der Waals surface area contributed by atoms with Crippen LogP contribution in [-0.4, -0.2) is 44.1 Å². The maximum absolute atomic E-state index is 11.7. The molecule has 0 bridgehead atoms. The van der Waals surface area contributed by atoms with Crippen molar-refractivity contribution in [1.29, 1.82) is 0 Å². The van der Waals surface area contributed by atoms with Gasteiger partial charge < -0.3 is 15.0 Å². The Balaban J connectivity index is 1.76. The van der Waals surface area contributed by atoms with Crippen LogP contribution in [0.15, 0.2) is 24.3 Å². The molecule has 4 nitrogen and oxygen atoms in total. The molecule has 0 saturated carbocycles. The molecule has 2 rings (SSSR count). The van der Waals surface area contributed by atoms with Crippen molar-refractivity contribution in [3.8, 4) is 5.75 Å². The van der Waals surface area contributed by atoms with Crippen LogP contribution in [0.5, 0.6) is 5.75 Å². The molecule has 1 N–H and O–H groups in total. The number of rotatable bonds is 5. The SMILES string of the molecule is COc1ccc(CCNC2CCN(C)C2=O)cc1. The third-order valence-electron chi connectivity index (χ3n) is 3.39. The lowest BCUT2D eigenvalue weighted by molar-refractivity contribution is -0.128. The van der Waals surface area contributed by atoms with Gasteiger partial charge in [-0.25, -0.2) is 0 Å². The van der Waals surface area contributed by atoms with Gasteiger partial charge in [0.1, 0.15) is 5.75 Å². The Kier molecular flexibility index (Phi) is 4.20. The van der Waals surface area contributed by atoms with Crippen molar-refractivity contribution in [3.63, 3.8) is 0 Å². The molecule has 1 amide bonds. The highest BCUT2D eigenvalue weighted by Crippen LogP contribution is 2.12. The lowest BCUT2D eigenvalue weighted by Crippen LogP contribution is -2.37. The summed E-state index contributed by atoms with van der Waals surface area (Å²) in [5.41, 5.74) is 1.25. The first-order valence-electron chi connectivity index (χ1n) is 6.32. The number of methoxy groups -OCH3 is 1. The summed E-state index contributed by atoms with van der Waals surface area (Å²) in [6.07, 6.45) is 1.84. The minimum Gasteiger partial charge on any atom is -0.497 e. The molecule has 1 aromatic rings. The second-order valence-electron chi connectivity index (χ2n) is 4.65.